The molecule has 16 heavy (non-hydrogen) atoms. The molecule has 0 spiro atoms. The lowest BCUT2D eigenvalue weighted by molar-refractivity contribution is 0.465. The summed E-state index contributed by atoms with van der Waals surface area (Å²) in [6.45, 7) is 0.589. The summed E-state index contributed by atoms with van der Waals surface area (Å²) in [6, 6.07) is 3.92. The third-order valence-electron chi connectivity index (χ3n) is 1.97. The zero-order chi connectivity index (χ0) is 11.5. The highest BCUT2D eigenvalue weighted by molar-refractivity contribution is 14.1. The van der Waals surface area contributed by atoms with Gasteiger partial charge in [0.2, 0.25) is 0 Å². The first-order valence-corrected chi connectivity index (χ1v) is 7.51. The molecule has 0 radical (unpaired) electrons. The van der Waals surface area contributed by atoms with Crippen LogP contribution in [0.2, 0.25) is 0 Å². The third kappa shape index (κ3) is 2.98. The van der Waals surface area contributed by atoms with Crippen molar-refractivity contribution in [3.8, 4) is 5.75 Å². The Morgan fingerprint density at radius 3 is 2.88 bits per heavy atom. The Kier molecular flexibility index (Phi) is 4.25. The molecule has 0 saturated heterocycles. The molecule has 84 valence electrons. The molecule has 0 aliphatic heterocycles. The van der Waals surface area contributed by atoms with Gasteiger partial charge < -0.3 is 10.4 Å². The van der Waals surface area contributed by atoms with E-state index in [4.69, 9.17) is 0 Å². The van der Waals surface area contributed by atoms with E-state index in [0.29, 0.717) is 12.3 Å². The summed E-state index contributed by atoms with van der Waals surface area (Å²) in [4.78, 5) is 4.13. The second-order valence-electron chi connectivity index (χ2n) is 3.09. The summed E-state index contributed by atoms with van der Waals surface area (Å²) in [7, 11) is 0. The van der Waals surface area contributed by atoms with Crippen LogP contribution in [-0.4, -0.2) is 10.1 Å². The van der Waals surface area contributed by atoms with Gasteiger partial charge in [-0.2, -0.15) is 0 Å². The number of benzene rings is 1. The SMILES string of the molecule is Oc1c(I)cc(I)cc1CNc1nccs1. The van der Waals surface area contributed by atoms with Gasteiger partial charge in [0.05, 0.1) is 3.57 Å². The van der Waals surface area contributed by atoms with Crippen molar-refractivity contribution in [2.45, 2.75) is 6.54 Å². The first kappa shape index (κ1) is 12.4. The fourth-order valence-electron chi connectivity index (χ4n) is 1.24. The maximum Gasteiger partial charge on any atom is 0.182 e. The first-order valence-electron chi connectivity index (χ1n) is 4.47. The van der Waals surface area contributed by atoms with E-state index in [-0.39, 0.29) is 0 Å². The fraction of sp³-hybridized carbons (Fsp3) is 0.100. The highest BCUT2D eigenvalue weighted by atomic mass is 127. The van der Waals surface area contributed by atoms with E-state index >= 15 is 0 Å². The fourth-order valence-corrected chi connectivity index (χ4v) is 3.73. The number of aromatic nitrogens is 1. The van der Waals surface area contributed by atoms with Crippen molar-refractivity contribution >= 4 is 61.7 Å². The summed E-state index contributed by atoms with van der Waals surface area (Å²) in [5, 5.41) is 15.8. The number of halogens is 2. The first-order chi connectivity index (χ1) is 7.66. The number of thiazole rings is 1. The normalized spacial score (nSPS) is 10.4. The molecule has 1 heterocycles. The van der Waals surface area contributed by atoms with E-state index < -0.39 is 0 Å². The molecule has 0 bridgehead atoms. The van der Waals surface area contributed by atoms with Crippen molar-refractivity contribution in [2.24, 2.45) is 0 Å². The van der Waals surface area contributed by atoms with Crippen LogP contribution in [0.25, 0.3) is 0 Å². The number of hydrogen-bond donors (Lipinski definition) is 2. The van der Waals surface area contributed by atoms with Crippen LogP contribution < -0.4 is 5.32 Å². The second-order valence-corrected chi connectivity index (χ2v) is 6.39. The Morgan fingerprint density at radius 2 is 2.19 bits per heavy atom. The van der Waals surface area contributed by atoms with Gasteiger partial charge in [0.1, 0.15) is 5.75 Å². The molecular weight excluding hydrogens is 450 g/mol. The average Bonchev–Trinajstić information content (AvgIpc) is 2.74. The number of nitrogens with zero attached hydrogens (tertiary/aromatic N) is 1. The highest BCUT2D eigenvalue weighted by Crippen LogP contribution is 2.27. The Hall–Kier alpha value is -0.0900. The van der Waals surface area contributed by atoms with Crippen molar-refractivity contribution < 1.29 is 5.11 Å². The van der Waals surface area contributed by atoms with Gasteiger partial charge in [-0.25, -0.2) is 4.98 Å². The van der Waals surface area contributed by atoms with Crippen LogP contribution in [0.4, 0.5) is 5.13 Å². The van der Waals surface area contributed by atoms with Crippen LogP contribution in [-0.2, 0) is 6.54 Å². The number of phenolic OH excluding ortho intramolecular Hbond substituents is 1. The van der Waals surface area contributed by atoms with Gasteiger partial charge in [-0.15, -0.1) is 11.3 Å². The predicted molar refractivity (Wildman–Crippen MR) is 83.0 cm³/mol. The molecule has 1 aromatic carbocycles. The summed E-state index contributed by atoms with van der Waals surface area (Å²) >= 11 is 5.93. The van der Waals surface area contributed by atoms with Crippen LogP contribution in [0.3, 0.4) is 0 Å². The summed E-state index contributed by atoms with van der Waals surface area (Å²) in [5.41, 5.74) is 0.895. The molecule has 2 rings (SSSR count). The monoisotopic (exact) mass is 458 g/mol. The molecule has 3 nitrogen and oxygen atoms in total. The quantitative estimate of drug-likeness (QED) is 0.691. The van der Waals surface area contributed by atoms with E-state index in [9.17, 15) is 5.11 Å². The standard InChI is InChI=1S/C10H8I2N2OS/c11-7-3-6(9(15)8(12)4-7)5-14-10-13-1-2-16-10/h1-4,15H,5H2,(H,13,14). The van der Waals surface area contributed by atoms with E-state index in [2.05, 4.69) is 55.5 Å². The lowest BCUT2D eigenvalue weighted by Gasteiger charge is -2.08. The van der Waals surface area contributed by atoms with Crippen molar-refractivity contribution in [3.05, 3.63) is 36.4 Å². The van der Waals surface area contributed by atoms with Gasteiger partial charge in [-0.05, 0) is 57.3 Å². The van der Waals surface area contributed by atoms with Crippen molar-refractivity contribution in [3.63, 3.8) is 0 Å². The summed E-state index contributed by atoms with van der Waals surface area (Å²) in [5.74, 6) is 0.352. The summed E-state index contributed by atoms with van der Waals surface area (Å²) < 4.78 is 2.00. The molecule has 0 unspecified atom stereocenters. The van der Waals surface area contributed by atoms with Gasteiger partial charge in [0, 0.05) is 27.3 Å². The number of rotatable bonds is 3. The molecule has 2 aromatic rings. The lowest BCUT2D eigenvalue weighted by atomic mass is 10.2. The summed E-state index contributed by atoms with van der Waals surface area (Å²) in [6.07, 6.45) is 1.76. The van der Waals surface area contributed by atoms with E-state index in [1.165, 1.54) is 0 Å². The van der Waals surface area contributed by atoms with Crippen molar-refractivity contribution in [2.75, 3.05) is 5.32 Å². The Bertz CT molecular complexity index is 488. The van der Waals surface area contributed by atoms with Gasteiger partial charge in [-0.3, -0.25) is 0 Å². The maximum absolute atomic E-state index is 9.88. The number of phenols is 1. The molecule has 0 aliphatic rings. The van der Waals surface area contributed by atoms with Gasteiger partial charge in [-0.1, -0.05) is 0 Å². The zero-order valence-electron chi connectivity index (χ0n) is 8.08. The topological polar surface area (TPSA) is 45.1 Å². The minimum atomic E-state index is 0.352. The molecule has 0 saturated carbocycles. The van der Waals surface area contributed by atoms with E-state index in [1.54, 1.807) is 17.5 Å². The second kappa shape index (κ2) is 5.50. The molecule has 1 aromatic heterocycles. The molecule has 0 amide bonds. The molecule has 2 N–H and O–H groups in total. The Labute approximate surface area is 125 Å². The number of aromatic hydroxyl groups is 1. The third-order valence-corrected chi connectivity index (χ3v) is 4.15. The van der Waals surface area contributed by atoms with Crippen LogP contribution in [0.5, 0.6) is 5.75 Å². The van der Waals surface area contributed by atoms with Crippen LogP contribution >= 0.6 is 56.5 Å². The van der Waals surface area contributed by atoms with Crippen LogP contribution in [0, 0.1) is 7.14 Å². The molecule has 0 aliphatic carbocycles. The minimum Gasteiger partial charge on any atom is -0.506 e. The van der Waals surface area contributed by atoms with Gasteiger partial charge >= 0.3 is 0 Å². The lowest BCUT2D eigenvalue weighted by Crippen LogP contribution is -2.00. The Balaban J connectivity index is 2.15. The van der Waals surface area contributed by atoms with Crippen molar-refractivity contribution in [1.82, 2.24) is 4.98 Å². The number of nitrogens with one attached hydrogen (secondary N) is 1. The van der Waals surface area contributed by atoms with Gasteiger partial charge in [0.15, 0.2) is 5.13 Å². The van der Waals surface area contributed by atoms with Gasteiger partial charge in [0.25, 0.3) is 0 Å². The van der Waals surface area contributed by atoms with Crippen LogP contribution in [0.1, 0.15) is 5.56 Å². The smallest absolute Gasteiger partial charge is 0.182 e. The van der Waals surface area contributed by atoms with E-state index in [1.807, 2.05) is 17.5 Å². The molecular formula is C10H8I2N2OS. The number of anilines is 1. The predicted octanol–water partition coefficient (Wildman–Crippen LogP) is 3.67. The maximum atomic E-state index is 9.88. The average molecular weight is 458 g/mol. The van der Waals surface area contributed by atoms with Crippen molar-refractivity contribution in [1.29, 1.82) is 0 Å². The highest BCUT2D eigenvalue weighted by Gasteiger charge is 2.07. The van der Waals surface area contributed by atoms with E-state index in [0.717, 1.165) is 17.8 Å². The minimum absolute atomic E-state index is 0.352. The Morgan fingerprint density at radius 1 is 1.38 bits per heavy atom. The largest absolute Gasteiger partial charge is 0.506 e. The molecule has 6 heteroatoms. The van der Waals surface area contributed by atoms with Crippen LogP contribution in [0.15, 0.2) is 23.7 Å². The molecule has 0 fully saturated rings. The zero-order valence-corrected chi connectivity index (χ0v) is 13.2. The number of hydrogen-bond acceptors (Lipinski definition) is 4. The molecule has 0 atom stereocenters.